The molecule has 1 heterocycles. The third-order valence-electron chi connectivity index (χ3n) is 3.22. The van der Waals surface area contributed by atoms with Crippen molar-refractivity contribution in [1.29, 1.82) is 0 Å². The van der Waals surface area contributed by atoms with Gasteiger partial charge < -0.3 is 5.32 Å². The van der Waals surface area contributed by atoms with Crippen molar-refractivity contribution >= 4 is 11.3 Å². The standard InChI is InChI=1S/C15H20N2S/c1-11-4-5-12(2)15(8-11)13(3)16-7-6-14-9-18-10-17-14/h4-5,8-10,13,16H,6-7H2,1-3H3. The van der Waals surface area contributed by atoms with Crippen LogP contribution in [0, 0.1) is 13.8 Å². The summed E-state index contributed by atoms with van der Waals surface area (Å²) in [7, 11) is 0. The Morgan fingerprint density at radius 2 is 2.17 bits per heavy atom. The first-order valence-corrected chi connectivity index (χ1v) is 7.28. The lowest BCUT2D eigenvalue weighted by atomic mass is 10.00. The molecule has 0 aliphatic carbocycles. The van der Waals surface area contributed by atoms with Crippen LogP contribution >= 0.6 is 11.3 Å². The maximum atomic E-state index is 4.30. The molecule has 0 amide bonds. The minimum Gasteiger partial charge on any atom is -0.310 e. The van der Waals surface area contributed by atoms with Gasteiger partial charge in [-0.3, -0.25) is 0 Å². The SMILES string of the molecule is Cc1ccc(C)c(C(C)NCCc2cscn2)c1. The molecule has 18 heavy (non-hydrogen) atoms. The normalized spacial score (nSPS) is 12.6. The van der Waals surface area contributed by atoms with Gasteiger partial charge in [-0.1, -0.05) is 23.8 Å². The number of hydrogen-bond donors (Lipinski definition) is 1. The van der Waals surface area contributed by atoms with E-state index in [9.17, 15) is 0 Å². The molecule has 2 nitrogen and oxygen atoms in total. The third-order valence-corrected chi connectivity index (χ3v) is 3.85. The van der Waals surface area contributed by atoms with E-state index >= 15 is 0 Å². The quantitative estimate of drug-likeness (QED) is 0.887. The zero-order chi connectivity index (χ0) is 13.0. The van der Waals surface area contributed by atoms with Crippen LogP contribution in [0.3, 0.4) is 0 Å². The van der Waals surface area contributed by atoms with Gasteiger partial charge in [0.1, 0.15) is 0 Å². The monoisotopic (exact) mass is 260 g/mol. The van der Waals surface area contributed by atoms with Crippen molar-refractivity contribution in [3.05, 3.63) is 51.5 Å². The fraction of sp³-hybridized carbons (Fsp3) is 0.400. The van der Waals surface area contributed by atoms with Gasteiger partial charge in [-0.25, -0.2) is 4.98 Å². The van der Waals surface area contributed by atoms with E-state index in [1.54, 1.807) is 11.3 Å². The lowest BCUT2D eigenvalue weighted by molar-refractivity contribution is 0.572. The van der Waals surface area contributed by atoms with E-state index in [1.165, 1.54) is 22.4 Å². The van der Waals surface area contributed by atoms with Crippen molar-refractivity contribution in [3.63, 3.8) is 0 Å². The van der Waals surface area contributed by atoms with Crippen molar-refractivity contribution in [2.75, 3.05) is 6.54 Å². The van der Waals surface area contributed by atoms with Crippen molar-refractivity contribution in [1.82, 2.24) is 10.3 Å². The van der Waals surface area contributed by atoms with Crippen LogP contribution < -0.4 is 5.32 Å². The zero-order valence-electron chi connectivity index (χ0n) is 11.2. The van der Waals surface area contributed by atoms with E-state index in [1.807, 2.05) is 5.51 Å². The molecule has 1 unspecified atom stereocenters. The molecule has 1 aromatic heterocycles. The average molecular weight is 260 g/mol. The second-order valence-corrected chi connectivity index (χ2v) is 5.48. The molecule has 0 spiro atoms. The number of aryl methyl sites for hydroxylation is 2. The summed E-state index contributed by atoms with van der Waals surface area (Å²) in [5.74, 6) is 0. The summed E-state index contributed by atoms with van der Waals surface area (Å²) in [5.41, 5.74) is 7.15. The highest BCUT2D eigenvalue weighted by molar-refractivity contribution is 7.07. The summed E-state index contributed by atoms with van der Waals surface area (Å²) in [6.07, 6.45) is 0.999. The Balaban J connectivity index is 1.91. The molecule has 2 aromatic rings. The van der Waals surface area contributed by atoms with Gasteiger partial charge in [-0.2, -0.15) is 0 Å². The highest BCUT2D eigenvalue weighted by Crippen LogP contribution is 2.18. The number of benzene rings is 1. The highest BCUT2D eigenvalue weighted by atomic mass is 32.1. The van der Waals surface area contributed by atoms with Gasteiger partial charge in [0.15, 0.2) is 0 Å². The molecule has 3 heteroatoms. The number of nitrogens with one attached hydrogen (secondary N) is 1. The minimum atomic E-state index is 0.392. The number of rotatable bonds is 5. The van der Waals surface area contributed by atoms with Gasteiger partial charge in [0.05, 0.1) is 11.2 Å². The Morgan fingerprint density at radius 3 is 2.89 bits per heavy atom. The number of nitrogens with zero attached hydrogens (tertiary/aromatic N) is 1. The molecule has 1 atom stereocenters. The van der Waals surface area contributed by atoms with Crippen molar-refractivity contribution in [3.8, 4) is 0 Å². The summed E-state index contributed by atoms with van der Waals surface area (Å²) in [6.45, 7) is 7.51. The van der Waals surface area contributed by atoms with Gasteiger partial charge in [-0.05, 0) is 31.9 Å². The topological polar surface area (TPSA) is 24.9 Å². The van der Waals surface area contributed by atoms with Gasteiger partial charge >= 0.3 is 0 Å². The first-order chi connectivity index (χ1) is 8.66. The fourth-order valence-electron chi connectivity index (χ4n) is 2.11. The molecule has 0 aliphatic heterocycles. The third kappa shape index (κ3) is 3.40. The van der Waals surface area contributed by atoms with Crippen molar-refractivity contribution in [2.24, 2.45) is 0 Å². The van der Waals surface area contributed by atoms with Crippen LogP contribution in [0.25, 0.3) is 0 Å². The lowest BCUT2D eigenvalue weighted by Crippen LogP contribution is -2.22. The maximum Gasteiger partial charge on any atom is 0.0794 e. The summed E-state index contributed by atoms with van der Waals surface area (Å²) in [4.78, 5) is 4.30. The molecule has 0 saturated heterocycles. The van der Waals surface area contributed by atoms with Gasteiger partial charge in [0.2, 0.25) is 0 Å². The predicted molar refractivity (Wildman–Crippen MR) is 78.2 cm³/mol. The van der Waals surface area contributed by atoms with Crippen LogP contribution in [0.4, 0.5) is 0 Å². The van der Waals surface area contributed by atoms with Crippen LogP contribution in [0.1, 0.15) is 35.3 Å². The van der Waals surface area contributed by atoms with Crippen molar-refractivity contribution in [2.45, 2.75) is 33.2 Å². The molecule has 1 aromatic carbocycles. The Morgan fingerprint density at radius 1 is 1.33 bits per heavy atom. The van der Waals surface area contributed by atoms with Crippen LogP contribution in [0.15, 0.2) is 29.1 Å². The highest BCUT2D eigenvalue weighted by Gasteiger charge is 2.08. The Bertz CT molecular complexity index is 491. The lowest BCUT2D eigenvalue weighted by Gasteiger charge is -2.17. The summed E-state index contributed by atoms with van der Waals surface area (Å²) in [5, 5.41) is 5.69. The molecular formula is C15H20N2S. The fourth-order valence-corrected chi connectivity index (χ4v) is 2.71. The van der Waals surface area contributed by atoms with E-state index in [-0.39, 0.29) is 0 Å². The maximum absolute atomic E-state index is 4.30. The van der Waals surface area contributed by atoms with Gasteiger partial charge in [-0.15, -0.1) is 11.3 Å². The van der Waals surface area contributed by atoms with Crippen molar-refractivity contribution < 1.29 is 0 Å². The Kier molecular flexibility index (Phi) is 4.50. The van der Waals surface area contributed by atoms with E-state index in [4.69, 9.17) is 0 Å². The van der Waals surface area contributed by atoms with E-state index in [2.05, 4.69) is 54.7 Å². The zero-order valence-corrected chi connectivity index (χ0v) is 12.1. The van der Waals surface area contributed by atoms with E-state index in [0.717, 1.165) is 13.0 Å². The molecule has 1 N–H and O–H groups in total. The number of aromatic nitrogens is 1. The van der Waals surface area contributed by atoms with Crippen LogP contribution in [0.2, 0.25) is 0 Å². The smallest absolute Gasteiger partial charge is 0.0794 e. The van der Waals surface area contributed by atoms with Crippen LogP contribution in [-0.4, -0.2) is 11.5 Å². The summed E-state index contributed by atoms with van der Waals surface area (Å²) < 4.78 is 0. The number of hydrogen-bond acceptors (Lipinski definition) is 3. The predicted octanol–water partition coefficient (Wildman–Crippen LogP) is 3.65. The number of thiazole rings is 1. The molecule has 0 bridgehead atoms. The van der Waals surface area contributed by atoms with Gasteiger partial charge in [0, 0.05) is 24.4 Å². The molecule has 0 radical (unpaired) electrons. The minimum absolute atomic E-state index is 0.392. The summed E-state index contributed by atoms with van der Waals surface area (Å²) >= 11 is 1.66. The van der Waals surface area contributed by atoms with Crippen LogP contribution in [0.5, 0.6) is 0 Å². The Labute approximate surface area is 113 Å². The second kappa shape index (κ2) is 6.12. The van der Waals surface area contributed by atoms with Gasteiger partial charge in [0.25, 0.3) is 0 Å². The molecule has 96 valence electrons. The molecule has 0 fully saturated rings. The van der Waals surface area contributed by atoms with E-state index < -0.39 is 0 Å². The molecule has 2 rings (SSSR count). The second-order valence-electron chi connectivity index (χ2n) is 4.77. The van der Waals surface area contributed by atoms with E-state index in [0.29, 0.717) is 6.04 Å². The van der Waals surface area contributed by atoms with Crippen LogP contribution in [-0.2, 0) is 6.42 Å². The first kappa shape index (κ1) is 13.2. The molecule has 0 saturated carbocycles. The molecule has 0 aliphatic rings. The largest absolute Gasteiger partial charge is 0.310 e. The summed E-state index contributed by atoms with van der Waals surface area (Å²) in [6, 6.07) is 7.03. The first-order valence-electron chi connectivity index (χ1n) is 6.34. The Hall–Kier alpha value is -1.19. The average Bonchev–Trinajstić information content (AvgIpc) is 2.85. The molecular weight excluding hydrogens is 240 g/mol.